The zero-order chi connectivity index (χ0) is 12.0. The van der Waals surface area contributed by atoms with E-state index in [4.69, 9.17) is 11.6 Å². The molecule has 0 radical (unpaired) electrons. The molecule has 1 N–H and O–H groups in total. The van der Waals surface area contributed by atoms with E-state index in [2.05, 4.69) is 4.98 Å². The number of aromatic nitrogens is 2. The molecule has 1 aliphatic rings. The molecule has 17 heavy (non-hydrogen) atoms. The van der Waals surface area contributed by atoms with Gasteiger partial charge in [0.15, 0.2) is 0 Å². The van der Waals surface area contributed by atoms with E-state index >= 15 is 0 Å². The largest absolute Gasteiger partial charge is 0.377 e. The van der Waals surface area contributed by atoms with Crippen LogP contribution in [-0.4, -0.2) is 14.7 Å². The fraction of sp³-hybridized carbons (Fsp3) is 0.308. The molecule has 0 spiro atoms. The van der Waals surface area contributed by atoms with Crippen molar-refractivity contribution in [2.24, 2.45) is 0 Å². The molecule has 3 nitrogen and oxygen atoms in total. The molecule has 1 aliphatic heterocycles. The maximum atomic E-state index is 10.8. The van der Waals surface area contributed by atoms with Gasteiger partial charge >= 0.3 is 0 Å². The average molecular weight is 249 g/mol. The van der Waals surface area contributed by atoms with Crippen LogP contribution in [0.5, 0.6) is 0 Å². The Labute approximate surface area is 105 Å². The Hall–Kier alpha value is -1.32. The molecule has 2 aromatic rings. The third-order valence-corrected chi connectivity index (χ3v) is 3.52. The third-order valence-electron chi connectivity index (χ3n) is 3.28. The van der Waals surface area contributed by atoms with E-state index in [9.17, 15) is 5.11 Å². The zero-order valence-corrected chi connectivity index (χ0v) is 10.3. The fourth-order valence-corrected chi connectivity index (χ4v) is 2.65. The maximum Gasteiger partial charge on any atom is 0.149 e. The monoisotopic (exact) mass is 248 g/mol. The molecule has 1 unspecified atom stereocenters. The van der Waals surface area contributed by atoms with Crippen molar-refractivity contribution in [1.82, 2.24) is 9.55 Å². The third kappa shape index (κ3) is 1.58. The van der Waals surface area contributed by atoms with Crippen LogP contribution in [0.2, 0.25) is 5.02 Å². The average Bonchev–Trinajstić information content (AvgIpc) is 2.80. The van der Waals surface area contributed by atoms with Crippen molar-refractivity contribution in [3.8, 4) is 0 Å². The Morgan fingerprint density at radius 3 is 3.06 bits per heavy atom. The van der Waals surface area contributed by atoms with Gasteiger partial charge in [0.05, 0.1) is 5.69 Å². The molecule has 1 atom stereocenters. The molecule has 0 saturated carbocycles. The first-order valence-corrected chi connectivity index (χ1v) is 6.00. The molecular formula is C13H13ClN2O. The number of benzene rings is 1. The lowest BCUT2D eigenvalue weighted by Crippen LogP contribution is -2.25. The predicted octanol–water partition coefficient (Wildman–Crippen LogP) is 2.48. The standard InChI is InChI=1S/C13H13ClN2O/c1-9-8-16-6-5-13(17,12(16)15-9)10-3-2-4-11(14)7-10/h2-4,7-8,17H,5-6H2,1H3. The summed E-state index contributed by atoms with van der Waals surface area (Å²) in [4.78, 5) is 4.42. The molecular weight excluding hydrogens is 236 g/mol. The summed E-state index contributed by atoms with van der Waals surface area (Å²) in [6.07, 6.45) is 2.62. The van der Waals surface area contributed by atoms with Crippen LogP contribution in [0.3, 0.4) is 0 Å². The topological polar surface area (TPSA) is 38.0 Å². The summed E-state index contributed by atoms with van der Waals surface area (Å²) in [7, 11) is 0. The van der Waals surface area contributed by atoms with E-state index in [0.717, 1.165) is 23.6 Å². The molecule has 0 amide bonds. The minimum absolute atomic E-state index is 0.637. The minimum Gasteiger partial charge on any atom is -0.377 e. The van der Waals surface area contributed by atoms with Gasteiger partial charge < -0.3 is 9.67 Å². The highest BCUT2D eigenvalue weighted by atomic mass is 35.5. The van der Waals surface area contributed by atoms with Crippen molar-refractivity contribution < 1.29 is 5.11 Å². The van der Waals surface area contributed by atoms with Gasteiger partial charge in [-0.05, 0) is 24.6 Å². The highest BCUT2D eigenvalue weighted by Crippen LogP contribution is 2.38. The van der Waals surface area contributed by atoms with Crippen molar-refractivity contribution in [3.05, 3.63) is 52.6 Å². The van der Waals surface area contributed by atoms with E-state index in [0.29, 0.717) is 11.4 Å². The highest BCUT2D eigenvalue weighted by Gasteiger charge is 2.40. The van der Waals surface area contributed by atoms with E-state index in [1.54, 1.807) is 12.1 Å². The Morgan fingerprint density at radius 2 is 2.29 bits per heavy atom. The van der Waals surface area contributed by atoms with E-state index in [1.807, 2.05) is 29.8 Å². The summed E-state index contributed by atoms with van der Waals surface area (Å²) in [6, 6.07) is 7.36. The number of imidazole rings is 1. The quantitative estimate of drug-likeness (QED) is 0.842. The van der Waals surface area contributed by atoms with Gasteiger partial charge in [0.2, 0.25) is 0 Å². The summed E-state index contributed by atoms with van der Waals surface area (Å²) in [6.45, 7) is 2.73. The van der Waals surface area contributed by atoms with Gasteiger partial charge in [-0.3, -0.25) is 0 Å². The molecule has 88 valence electrons. The van der Waals surface area contributed by atoms with Gasteiger partial charge in [-0.15, -0.1) is 0 Å². The number of hydrogen-bond donors (Lipinski definition) is 1. The highest BCUT2D eigenvalue weighted by molar-refractivity contribution is 6.30. The molecule has 2 heterocycles. The first-order chi connectivity index (χ1) is 8.09. The molecule has 1 aromatic heterocycles. The van der Waals surface area contributed by atoms with Crippen LogP contribution in [0.1, 0.15) is 23.5 Å². The van der Waals surface area contributed by atoms with Gasteiger partial charge in [-0.25, -0.2) is 4.98 Å². The van der Waals surface area contributed by atoms with Crippen molar-refractivity contribution in [3.63, 3.8) is 0 Å². The van der Waals surface area contributed by atoms with Crippen LogP contribution < -0.4 is 0 Å². The smallest absolute Gasteiger partial charge is 0.149 e. The van der Waals surface area contributed by atoms with Crippen LogP contribution in [-0.2, 0) is 12.1 Å². The van der Waals surface area contributed by atoms with Gasteiger partial charge in [0.1, 0.15) is 11.4 Å². The number of nitrogens with zero attached hydrogens (tertiary/aromatic N) is 2. The maximum absolute atomic E-state index is 10.8. The van der Waals surface area contributed by atoms with Crippen LogP contribution in [0.25, 0.3) is 0 Å². The number of rotatable bonds is 1. The number of hydrogen-bond acceptors (Lipinski definition) is 2. The summed E-state index contributed by atoms with van der Waals surface area (Å²) in [5, 5.41) is 11.4. The van der Waals surface area contributed by atoms with Crippen molar-refractivity contribution >= 4 is 11.6 Å². The summed E-state index contributed by atoms with van der Waals surface area (Å²) in [5.74, 6) is 0.720. The first-order valence-electron chi connectivity index (χ1n) is 5.62. The number of aliphatic hydroxyl groups is 1. The molecule has 0 saturated heterocycles. The van der Waals surface area contributed by atoms with Gasteiger partial charge in [-0.1, -0.05) is 23.7 Å². The molecule has 0 fully saturated rings. The second kappa shape index (κ2) is 3.59. The van der Waals surface area contributed by atoms with Crippen molar-refractivity contribution in [2.75, 3.05) is 0 Å². The van der Waals surface area contributed by atoms with Crippen molar-refractivity contribution in [2.45, 2.75) is 25.5 Å². The summed E-state index contributed by atoms with van der Waals surface area (Å²) >= 11 is 5.98. The number of fused-ring (bicyclic) bond motifs is 1. The summed E-state index contributed by atoms with van der Waals surface area (Å²) < 4.78 is 2.01. The predicted molar refractivity (Wildman–Crippen MR) is 66.0 cm³/mol. The lowest BCUT2D eigenvalue weighted by molar-refractivity contribution is 0.0785. The Kier molecular flexibility index (Phi) is 2.28. The SMILES string of the molecule is Cc1cn2c(n1)C(O)(c1cccc(Cl)c1)CC2. The second-order valence-corrected chi connectivity index (χ2v) is 4.96. The van der Waals surface area contributed by atoms with Crippen LogP contribution in [0, 0.1) is 6.92 Å². The lowest BCUT2D eigenvalue weighted by atomic mass is 9.92. The number of halogens is 1. The Bertz CT molecular complexity index is 579. The van der Waals surface area contributed by atoms with Gasteiger partial charge in [0.25, 0.3) is 0 Å². The Balaban J connectivity index is 2.14. The van der Waals surface area contributed by atoms with Crippen LogP contribution in [0.4, 0.5) is 0 Å². The molecule has 0 aliphatic carbocycles. The van der Waals surface area contributed by atoms with Crippen LogP contribution in [0.15, 0.2) is 30.5 Å². The normalized spacial score (nSPS) is 22.8. The van der Waals surface area contributed by atoms with E-state index in [1.165, 1.54) is 0 Å². The molecule has 3 rings (SSSR count). The second-order valence-electron chi connectivity index (χ2n) is 4.52. The van der Waals surface area contributed by atoms with Crippen LogP contribution >= 0.6 is 11.6 Å². The molecule has 4 heteroatoms. The summed E-state index contributed by atoms with van der Waals surface area (Å²) in [5.41, 5.74) is 0.744. The van der Waals surface area contributed by atoms with E-state index < -0.39 is 5.60 Å². The Morgan fingerprint density at radius 1 is 1.47 bits per heavy atom. The van der Waals surface area contributed by atoms with Crippen molar-refractivity contribution in [1.29, 1.82) is 0 Å². The molecule has 1 aromatic carbocycles. The minimum atomic E-state index is -1.00. The fourth-order valence-electron chi connectivity index (χ4n) is 2.46. The lowest BCUT2D eigenvalue weighted by Gasteiger charge is -2.21. The zero-order valence-electron chi connectivity index (χ0n) is 9.52. The first kappa shape index (κ1) is 10.8. The van der Waals surface area contributed by atoms with E-state index in [-0.39, 0.29) is 0 Å². The van der Waals surface area contributed by atoms with Gasteiger partial charge in [0, 0.05) is 24.2 Å². The molecule has 0 bridgehead atoms. The van der Waals surface area contributed by atoms with Gasteiger partial charge in [-0.2, -0.15) is 0 Å². The number of aryl methyl sites for hydroxylation is 2.